The van der Waals surface area contributed by atoms with E-state index < -0.39 is 0 Å². The standard InChI is InChI=1S/C8H18O2/c1-5-7(2)10-6-8(3)9-4/h7-8H,5-6H2,1-4H3. The lowest BCUT2D eigenvalue weighted by Gasteiger charge is -2.14. The number of hydrogen-bond acceptors (Lipinski definition) is 2. The first kappa shape index (κ1) is 9.92. The van der Waals surface area contributed by atoms with Crippen LogP contribution in [-0.4, -0.2) is 25.9 Å². The number of rotatable bonds is 5. The van der Waals surface area contributed by atoms with Gasteiger partial charge >= 0.3 is 0 Å². The van der Waals surface area contributed by atoms with Crippen LogP contribution in [0.3, 0.4) is 0 Å². The van der Waals surface area contributed by atoms with Crippen LogP contribution in [0.2, 0.25) is 0 Å². The van der Waals surface area contributed by atoms with Crippen LogP contribution >= 0.6 is 0 Å². The van der Waals surface area contributed by atoms with E-state index in [2.05, 4.69) is 13.8 Å². The summed E-state index contributed by atoms with van der Waals surface area (Å²) in [5.74, 6) is 0. The van der Waals surface area contributed by atoms with Gasteiger partial charge in [0.1, 0.15) is 0 Å². The summed E-state index contributed by atoms with van der Waals surface area (Å²) in [4.78, 5) is 0. The molecule has 0 fully saturated rings. The maximum absolute atomic E-state index is 5.42. The van der Waals surface area contributed by atoms with Crippen molar-refractivity contribution in [2.24, 2.45) is 0 Å². The maximum Gasteiger partial charge on any atom is 0.0776 e. The van der Waals surface area contributed by atoms with E-state index in [1.54, 1.807) is 7.11 Å². The molecular formula is C8H18O2. The summed E-state index contributed by atoms with van der Waals surface area (Å²) in [5.41, 5.74) is 0. The van der Waals surface area contributed by atoms with Gasteiger partial charge in [-0.1, -0.05) is 6.92 Å². The Kier molecular flexibility index (Phi) is 5.64. The van der Waals surface area contributed by atoms with Gasteiger partial charge in [-0.05, 0) is 20.3 Å². The Hall–Kier alpha value is -0.0800. The van der Waals surface area contributed by atoms with Gasteiger partial charge in [-0.25, -0.2) is 0 Å². The number of ether oxygens (including phenoxy) is 2. The topological polar surface area (TPSA) is 18.5 Å². The molecule has 2 heteroatoms. The summed E-state index contributed by atoms with van der Waals surface area (Å²) in [6.07, 6.45) is 1.64. The molecule has 0 bridgehead atoms. The molecule has 2 atom stereocenters. The molecule has 2 nitrogen and oxygen atoms in total. The van der Waals surface area contributed by atoms with Crippen molar-refractivity contribution in [2.75, 3.05) is 13.7 Å². The molecule has 0 aliphatic heterocycles. The lowest BCUT2D eigenvalue weighted by molar-refractivity contribution is -0.0141. The van der Waals surface area contributed by atoms with Crippen LogP contribution in [0.4, 0.5) is 0 Å². The van der Waals surface area contributed by atoms with E-state index in [4.69, 9.17) is 9.47 Å². The third-order valence-corrected chi connectivity index (χ3v) is 1.59. The van der Waals surface area contributed by atoms with Crippen molar-refractivity contribution < 1.29 is 9.47 Å². The molecule has 0 spiro atoms. The van der Waals surface area contributed by atoms with Crippen LogP contribution in [-0.2, 0) is 9.47 Å². The predicted octanol–water partition coefficient (Wildman–Crippen LogP) is 1.84. The molecule has 0 aromatic heterocycles. The summed E-state index contributed by atoms with van der Waals surface area (Å²) in [6, 6.07) is 0. The van der Waals surface area contributed by atoms with Gasteiger partial charge in [0, 0.05) is 7.11 Å². The lowest BCUT2D eigenvalue weighted by atomic mass is 10.3. The molecule has 0 heterocycles. The van der Waals surface area contributed by atoms with Crippen molar-refractivity contribution in [1.29, 1.82) is 0 Å². The van der Waals surface area contributed by atoms with Crippen molar-refractivity contribution >= 4 is 0 Å². The fourth-order valence-electron chi connectivity index (χ4n) is 0.486. The highest BCUT2D eigenvalue weighted by Crippen LogP contribution is 1.98. The van der Waals surface area contributed by atoms with Crippen molar-refractivity contribution in [3.8, 4) is 0 Å². The van der Waals surface area contributed by atoms with Crippen molar-refractivity contribution in [3.05, 3.63) is 0 Å². The van der Waals surface area contributed by atoms with Crippen LogP contribution in [0.25, 0.3) is 0 Å². The Morgan fingerprint density at radius 1 is 1.20 bits per heavy atom. The van der Waals surface area contributed by atoms with Crippen LogP contribution in [0.1, 0.15) is 27.2 Å². The Morgan fingerprint density at radius 3 is 2.20 bits per heavy atom. The monoisotopic (exact) mass is 146 g/mol. The molecule has 0 aliphatic rings. The average molecular weight is 146 g/mol. The molecule has 10 heavy (non-hydrogen) atoms. The van der Waals surface area contributed by atoms with Gasteiger partial charge in [-0.15, -0.1) is 0 Å². The molecule has 0 aliphatic carbocycles. The first-order valence-electron chi connectivity index (χ1n) is 3.85. The van der Waals surface area contributed by atoms with Crippen LogP contribution in [0, 0.1) is 0 Å². The lowest BCUT2D eigenvalue weighted by Crippen LogP contribution is -2.18. The van der Waals surface area contributed by atoms with E-state index in [1.807, 2.05) is 6.92 Å². The van der Waals surface area contributed by atoms with Gasteiger partial charge in [0.05, 0.1) is 18.8 Å². The minimum Gasteiger partial charge on any atom is -0.379 e. The molecule has 2 unspecified atom stereocenters. The van der Waals surface area contributed by atoms with E-state index in [9.17, 15) is 0 Å². The Balaban J connectivity index is 3.17. The molecule has 0 saturated heterocycles. The molecule has 0 saturated carbocycles. The van der Waals surface area contributed by atoms with Crippen LogP contribution < -0.4 is 0 Å². The molecule has 0 amide bonds. The highest BCUT2D eigenvalue weighted by molar-refractivity contribution is 4.49. The van der Waals surface area contributed by atoms with Gasteiger partial charge in [0.15, 0.2) is 0 Å². The Morgan fingerprint density at radius 2 is 1.80 bits per heavy atom. The Labute approximate surface area is 63.5 Å². The zero-order chi connectivity index (χ0) is 7.98. The second-order valence-corrected chi connectivity index (χ2v) is 2.60. The molecule has 62 valence electrons. The van der Waals surface area contributed by atoms with Crippen molar-refractivity contribution in [3.63, 3.8) is 0 Å². The molecule has 0 radical (unpaired) electrons. The van der Waals surface area contributed by atoms with Crippen LogP contribution in [0.5, 0.6) is 0 Å². The SMILES string of the molecule is CCC(C)OCC(C)OC. The van der Waals surface area contributed by atoms with Gasteiger partial charge < -0.3 is 9.47 Å². The first-order chi connectivity index (χ1) is 4.70. The fourth-order valence-corrected chi connectivity index (χ4v) is 0.486. The summed E-state index contributed by atoms with van der Waals surface area (Å²) in [5, 5.41) is 0. The molecule has 0 N–H and O–H groups in total. The normalized spacial score (nSPS) is 16.8. The van der Waals surface area contributed by atoms with Crippen LogP contribution in [0.15, 0.2) is 0 Å². The van der Waals surface area contributed by atoms with Gasteiger partial charge in [-0.3, -0.25) is 0 Å². The fraction of sp³-hybridized carbons (Fsp3) is 1.00. The molecule has 0 rings (SSSR count). The number of methoxy groups -OCH3 is 1. The van der Waals surface area contributed by atoms with E-state index in [0.717, 1.165) is 6.42 Å². The molecular weight excluding hydrogens is 128 g/mol. The minimum absolute atomic E-state index is 0.217. The zero-order valence-electron chi connectivity index (χ0n) is 7.39. The minimum atomic E-state index is 0.217. The third kappa shape index (κ3) is 4.77. The smallest absolute Gasteiger partial charge is 0.0776 e. The third-order valence-electron chi connectivity index (χ3n) is 1.59. The van der Waals surface area contributed by atoms with E-state index in [0.29, 0.717) is 12.7 Å². The highest BCUT2D eigenvalue weighted by atomic mass is 16.5. The second-order valence-electron chi connectivity index (χ2n) is 2.60. The Bertz CT molecular complexity index is 63.7. The zero-order valence-corrected chi connectivity index (χ0v) is 7.39. The highest BCUT2D eigenvalue weighted by Gasteiger charge is 2.02. The summed E-state index contributed by atoms with van der Waals surface area (Å²) in [7, 11) is 1.70. The quantitative estimate of drug-likeness (QED) is 0.589. The first-order valence-corrected chi connectivity index (χ1v) is 3.85. The average Bonchev–Trinajstić information content (AvgIpc) is 1.99. The van der Waals surface area contributed by atoms with E-state index in [-0.39, 0.29) is 6.10 Å². The van der Waals surface area contributed by atoms with Gasteiger partial charge in [-0.2, -0.15) is 0 Å². The summed E-state index contributed by atoms with van der Waals surface area (Å²) < 4.78 is 10.4. The second kappa shape index (κ2) is 5.69. The summed E-state index contributed by atoms with van der Waals surface area (Å²) in [6.45, 7) is 6.89. The number of hydrogen-bond donors (Lipinski definition) is 0. The largest absolute Gasteiger partial charge is 0.379 e. The maximum atomic E-state index is 5.42. The van der Waals surface area contributed by atoms with E-state index >= 15 is 0 Å². The van der Waals surface area contributed by atoms with Crippen molar-refractivity contribution in [1.82, 2.24) is 0 Å². The van der Waals surface area contributed by atoms with Gasteiger partial charge in [0.2, 0.25) is 0 Å². The van der Waals surface area contributed by atoms with E-state index in [1.165, 1.54) is 0 Å². The predicted molar refractivity (Wildman–Crippen MR) is 42.2 cm³/mol. The van der Waals surface area contributed by atoms with Gasteiger partial charge in [0.25, 0.3) is 0 Å². The summed E-state index contributed by atoms with van der Waals surface area (Å²) >= 11 is 0. The molecule has 0 aromatic carbocycles. The molecule has 0 aromatic rings. The van der Waals surface area contributed by atoms with Crippen molar-refractivity contribution in [2.45, 2.75) is 39.4 Å².